The molecule has 1 aromatic heterocycles. The average molecular weight is 551 g/mol. The summed E-state index contributed by atoms with van der Waals surface area (Å²) in [7, 11) is 0. The molecule has 0 unspecified atom stereocenters. The highest BCUT2D eigenvalue weighted by Crippen LogP contribution is 2.36. The van der Waals surface area contributed by atoms with Crippen molar-refractivity contribution in [3.05, 3.63) is 30.2 Å². The molecule has 0 saturated carbocycles. The van der Waals surface area contributed by atoms with E-state index in [2.05, 4.69) is 58.5 Å². The number of nitrogens with one attached hydrogen (secondary N) is 3. The van der Waals surface area contributed by atoms with Crippen LogP contribution in [0.2, 0.25) is 0 Å². The highest BCUT2D eigenvalue weighted by molar-refractivity contribution is 5.60. The van der Waals surface area contributed by atoms with Gasteiger partial charge in [0.05, 0.1) is 6.20 Å². The summed E-state index contributed by atoms with van der Waals surface area (Å²) in [5.41, 5.74) is -0.467. The van der Waals surface area contributed by atoms with E-state index in [1.54, 1.807) is 12.1 Å². The lowest BCUT2D eigenvalue weighted by molar-refractivity contribution is -0.0536. The van der Waals surface area contributed by atoms with Crippen molar-refractivity contribution in [1.82, 2.24) is 20.2 Å². The Morgan fingerprint density at radius 1 is 1.10 bits per heavy atom. The van der Waals surface area contributed by atoms with Crippen molar-refractivity contribution in [2.45, 2.75) is 96.6 Å². The molecule has 2 aliphatic rings. The van der Waals surface area contributed by atoms with E-state index in [4.69, 9.17) is 9.47 Å². The number of anilines is 3. The van der Waals surface area contributed by atoms with E-state index in [1.807, 2.05) is 13.8 Å². The Balaban J connectivity index is 1.49. The van der Waals surface area contributed by atoms with Crippen molar-refractivity contribution in [2.24, 2.45) is 0 Å². The molecule has 0 spiro atoms. The molecule has 216 valence electrons. The SMILES string of the molecule is CC1(C)CC(Nc2nc(Nc3ccc(OC(C)(C)CN4CCCC4)c(OC(F)F)c3)ncc2F)CC(C)(C)N1. The quantitative estimate of drug-likeness (QED) is 0.336. The van der Waals surface area contributed by atoms with Gasteiger partial charge >= 0.3 is 6.61 Å². The van der Waals surface area contributed by atoms with Crippen LogP contribution in [-0.4, -0.2) is 63.8 Å². The van der Waals surface area contributed by atoms with E-state index in [1.165, 1.54) is 6.07 Å². The third-order valence-electron chi connectivity index (χ3n) is 6.88. The van der Waals surface area contributed by atoms with Crippen LogP contribution in [0, 0.1) is 5.82 Å². The first kappa shape index (κ1) is 29.2. The fourth-order valence-corrected chi connectivity index (χ4v) is 5.94. The summed E-state index contributed by atoms with van der Waals surface area (Å²) >= 11 is 0. The number of hydrogen-bond acceptors (Lipinski definition) is 8. The van der Waals surface area contributed by atoms with Gasteiger partial charge in [-0.15, -0.1) is 0 Å². The van der Waals surface area contributed by atoms with Crippen LogP contribution in [0.25, 0.3) is 0 Å². The number of rotatable bonds is 10. The second kappa shape index (κ2) is 11.4. The number of alkyl halides is 2. The molecule has 2 fully saturated rings. The van der Waals surface area contributed by atoms with Crippen molar-refractivity contribution in [3.8, 4) is 11.5 Å². The minimum absolute atomic E-state index is 0.000102. The number of ether oxygens (including phenoxy) is 2. The molecule has 0 atom stereocenters. The number of halogens is 3. The Kier molecular flexibility index (Phi) is 8.51. The van der Waals surface area contributed by atoms with Crippen LogP contribution in [-0.2, 0) is 0 Å². The molecular formula is C28H41F3N6O2. The lowest BCUT2D eigenvalue weighted by atomic mass is 9.79. The summed E-state index contributed by atoms with van der Waals surface area (Å²) < 4.78 is 52.1. The second-order valence-electron chi connectivity index (χ2n) is 12.5. The van der Waals surface area contributed by atoms with Crippen LogP contribution in [0.3, 0.4) is 0 Å². The lowest BCUT2D eigenvalue weighted by Crippen LogP contribution is -2.60. The van der Waals surface area contributed by atoms with Gasteiger partial charge in [-0.2, -0.15) is 13.8 Å². The third kappa shape index (κ3) is 8.35. The predicted octanol–water partition coefficient (Wildman–Crippen LogP) is 5.94. The van der Waals surface area contributed by atoms with E-state index in [-0.39, 0.29) is 40.4 Å². The van der Waals surface area contributed by atoms with Gasteiger partial charge in [0.25, 0.3) is 0 Å². The maximum absolute atomic E-state index is 14.7. The van der Waals surface area contributed by atoms with E-state index < -0.39 is 18.0 Å². The minimum Gasteiger partial charge on any atom is -0.483 e. The first-order chi connectivity index (χ1) is 18.2. The topological polar surface area (TPSA) is 83.6 Å². The highest BCUT2D eigenvalue weighted by Gasteiger charge is 2.38. The largest absolute Gasteiger partial charge is 0.483 e. The van der Waals surface area contributed by atoms with Gasteiger partial charge in [0.15, 0.2) is 23.1 Å². The van der Waals surface area contributed by atoms with Crippen LogP contribution in [0.15, 0.2) is 24.4 Å². The molecule has 0 amide bonds. The van der Waals surface area contributed by atoms with Gasteiger partial charge in [-0.1, -0.05) is 0 Å². The number of aromatic nitrogens is 2. The van der Waals surface area contributed by atoms with Gasteiger partial charge in [0.1, 0.15) is 5.60 Å². The number of nitrogens with zero attached hydrogens (tertiary/aromatic N) is 3. The predicted molar refractivity (Wildman–Crippen MR) is 147 cm³/mol. The van der Waals surface area contributed by atoms with Crippen LogP contribution in [0.4, 0.5) is 30.6 Å². The Morgan fingerprint density at radius 2 is 1.77 bits per heavy atom. The summed E-state index contributed by atoms with van der Waals surface area (Å²) in [6.45, 7) is 12.0. The molecule has 11 heteroatoms. The van der Waals surface area contributed by atoms with Crippen molar-refractivity contribution < 1.29 is 22.6 Å². The average Bonchev–Trinajstić information content (AvgIpc) is 3.27. The van der Waals surface area contributed by atoms with Crippen LogP contribution in [0.5, 0.6) is 11.5 Å². The molecule has 3 heterocycles. The van der Waals surface area contributed by atoms with E-state index >= 15 is 0 Å². The second-order valence-corrected chi connectivity index (χ2v) is 12.5. The smallest absolute Gasteiger partial charge is 0.387 e. The minimum atomic E-state index is -3.03. The Hall–Kier alpha value is -2.79. The summed E-state index contributed by atoms with van der Waals surface area (Å²) in [4.78, 5) is 10.7. The van der Waals surface area contributed by atoms with Crippen LogP contribution in [0.1, 0.15) is 67.2 Å². The van der Waals surface area contributed by atoms with Crippen molar-refractivity contribution in [3.63, 3.8) is 0 Å². The number of piperidine rings is 1. The normalized spacial score (nSPS) is 19.7. The fraction of sp³-hybridized carbons (Fsp3) is 0.643. The molecule has 4 rings (SSSR count). The first-order valence-electron chi connectivity index (χ1n) is 13.5. The maximum atomic E-state index is 14.7. The van der Waals surface area contributed by atoms with Gasteiger partial charge < -0.3 is 25.4 Å². The summed E-state index contributed by atoms with van der Waals surface area (Å²) in [5, 5.41) is 9.81. The van der Waals surface area contributed by atoms with Gasteiger partial charge in [0.2, 0.25) is 5.95 Å². The molecule has 2 aliphatic heterocycles. The standard InChI is InChI=1S/C28H41F3N6O2/c1-26(2)14-19(15-27(3,4)36-26)33-23-20(29)16-32-25(35-23)34-18-9-10-21(22(13-18)38-24(30)31)39-28(5,6)17-37-11-7-8-12-37/h9-10,13,16,19,24,36H,7-8,11-12,14-15,17H2,1-6H3,(H2,32,33,34,35). The van der Waals surface area contributed by atoms with Crippen molar-refractivity contribution >= 4 is 17.5 Å². The Labute approximate surface area is 229 Å². The van der Waals surface area contributed by atoms with Gasteiger partial charge in [0, 0.05) is 35.4 Å². The van der Waals surface area contributed by atoms with Crippen LogP contribution >= 0.6 is 0 Å². The number of hydrogen-bond donors (Lipinski definition) is 3. The number of benzene rings is 1. The molecule has 0 radical (unpaired) electrons. The van der Waals surface area contributed by atoms with Crippen molar-refractivity contribution in [1.29, 1.82) is 0 Å². The molecule has 3 N–H and O–H groups in total. The molecule has 2 saturated heterocycles. The molecule has 0 aliphatic carbocycles. The molecule has 8 nitrogen and oxygen atoms in total. The number of likely N-dealkylation sites (tertiary alicyclic amines) is 1. The third-order valence-corrected chi connectivity index (χ3v) is 6.88. The molecular weight excluding hydrogens is 509 g/mol. The molecule has 2 aromatic rings. The van der Waals surface area contributed by atoms with Gasteiger partial charge in [-0.25, -0.2) is 9.37 Å². The zero-order valence-corrected chi connectivity index (χ0v) is 23.7. The summed E-state index contributed by atoms with van der Waals surface area (Å²) in [5.74, 6) is -0.260. The Morgan fingerprint density at radius 3 is 2.41 bits per heavy atom. The lowest BCUT2D eigenvalue weighted by Gasteiger charge is -2.46. The Bertz CT molecular complexity index is 1120. The summed E-state index contributed by atoms with van der Waals surface area (Å²) in [6.07, 6.45) is 4.95. The van der Waals surface area contributed by atoms with Gasteiger partial charge in [-0.05, 0) is 92.4 Å². The summed E-state index contributed by atoms with van der Waals surface area (Å²) in [6, 6.07) is 4.65. The fourth-order valence-electron chi connectivity index (χ4n) is 5.94. The molecule has 1 aromatic carbocycles. The zero-order chi connectivity index (χ0) is 28.4. The van der Waals surface area contributed by atoms with Gasteiger partial charge in [-0.3, -0.25) is 4.90 Å². The zero-order valence-electron chi connectivity index (χ0n) is 23.7. The van der Waals surface area contributed by atoms with Crippen LogP contribution < -0.4 is 25.4 Å². The monoisotopic (exact) mass is 550 g/mol. The maximum Gasteiger partial charge on any atom is 0.387 e. The van der Waals surface area contributed by atoms with E-state index in [0.29, 0.717) is 12.2 Å². The molecule has 39 heavy (non-hydrogen) atoms. The van der Waals surface area contributed by atoms with Crippen molar-refractivity contribution in [2.75, 3.05) is 30.3 Å². The first-order valence-corrected chi connectivity index (χ1v) is 13.5. The highest BCUT2D eigenvalue weighted by atomic mass is 19.3. The van der Waals surface area contributed by atoms with E-state index in [0.717, 1.165) is 45.0 Å². The van der Waals surface area contributed by atoms with E-state index in [9.17, 15) is 13.2 Å². The molecule has 0 bridgehead atoms.